The average molecular weight is 370 g/mol. The molecule has 0 aliphatic carbocycles. The number of hydrogen-bond donors (Lipinski definition) is 2. The van der Waals surface area contributed by atoms with Crippen LogP contribution < -0.4 is 10.0 Å². The Morgan fingerprint density at radius 3 is 2.74 bits per heavy atom. The van der Waals surface area contributed by atoms with E-state index in [0.717, 1.165) is 0 Å². The summed E-state index contributed by atoms with van der Waals surface area (Å²) in [5, 5.41) is 2.73. The minimum Gasteiger partial charge on any atom is -0.372 e. The smallest absolute Gasteiger partial charge is 0.244 e. The Balaban J connectivity index is 2.88. The summed E-state index contributed by atoms with van der Waals surface area (Å²) in [5.41, 5.74) is 0. The minimum atomic E-state index is -3.67. The van der Waals surface area contributed by atoms with Crippen molar-refractivity contribution in [2.24, 2.45) is 0 Å². The molecule has 1 aromatic heterocycles. The molecule has 0 fully saturated rings. The highest BCUT2D eigenvalue weighted by Crippen LogP contribution is 2.22. The van der Waals surface area contributed by atoms with Gasteiger partial charge < -0.3 is 5.32 Å². The van der Waals surface area contributed by atoms with Gasteiger partial charge in [0, 0.05) is 46.6 Å². The van der Waals surface area contributed by atoms with Crippen LogP contribution in [0, 0.1) is 0 Å². The number of sulfonamides is 1. The molecule has 9 heteroatoms. The number of nitrogens with one attached hydrogen (secondary N) is 2. The molecule has 0 spiro atoms. The van der Waals surface area contributed by atoms with Gasteiger partial charge in [-0.1, -0.05) is 6.92 Å². The molecular weight excluding hydrogens is 354 g/mol. The molecule has 1 atom stereocenters. The van der Waals surface area contributed by atoms with Crippen molar-refractivity contribution in [3.05, 3.63) is 16.7 Å². The van der Waals surface area contributed by atoms with Crippen molar-refractivity contribution < 1.29 is 12.6 Å². The molecule has 0 bridgehead atoms. The van der Waals surface area contributed by atoms with E-state index in [1.165, 1.54) is 12.3 Å². The number of nitrogens with zero attached hydrogens (tertiary/aromatic N) is 1. The van der Waals surface area contributed by atoms with E-state index in [0.29, 0.717) is 16.0 Å². The van der Waals surface area contributed by atoms with Gasteiger partial charge in [0.15, 0.2) is 0 Å². The summed E-state index contributed by atoms with van der Waals surface area (Å²) in [7, 11) is -3.07. The molecule has 0 radical (unpaired) electrons. The second-order valence-electron chi connectivity index (χ2n) is 3.58. The molecule has 0 aromatic carbocycles. The monoisotopic (exact) mass is 369 g/mol. The van der Waals surface area contributed by atoms with Gasteiger partial charge in [-0.05, 0) is 22.0 Å². The third-order valence-corrected chi connectivity index (χ3v) is 5.50. The van der Waals surface area contributed by atoms with E-state index in [4.69, 9.17) is 0 Å². The second kappa shape index (κ2) is 7.32. The largest absolute Gasteiger partial charge is 0.372 e. The zero-order chi connectivity index (χ0) is 14.5. The molecule has 1 aromatic rings. The number of pyridine rings is 1. The lowest BCUT2D eigenvalue weighted by Crippen LogP contribution is -2.29. The first kappa shape index (κ1) is 16.5. The third-order valence-electron chi connectivity index (χ3n) is 2.29. The predicted molar refractivity (Wildman–Crippen MR) is 80.2 cm³/mol. The average Bonchev–Trinajstić information content (AvgIpc) is 2.38. The van der Waals surface area contributed by atoms with Crippen LogP contribution in [0.4, 0.5) is 5.82 Å². The van der Waals surface area contributed by atoms with Crippen LogP contribution in [0.15, 0.2) is 21.6 Å². The fourth-order valence-corrected chi connectivity index (χ4v) is 3.77. The number of hydrogen-bond acceptors (Lipinski definition) is 5. The zero-order valence-electron chi connectivity index (χ0n) is 10.6. The Hall–Kier alpha value is -0.510. The molecule has 6 nitrogen and oxygen atoms in total. The van der Waals surface area contributed by atoms with Crippen LogP contribution in [0.1, 0.15) is 6.92 Å². The van der Waals surface area contributed by atoms with Crippen LogP contribution in [0.25, 0.3) is 0 Å². The van der Waals surface area contributed by atoms with Gasteiger partial charge >= 0.3 is 0 Å². The molecule has 1 heterocycles. The molecule has 0 aliphatic heterocycles. The molecule has 2 N–H and O–H groups in total. The van der Waals surface area contributed by atoms with Crippen molar-refractivity contribution in [1.82, 2.24) is 9.71 Å². The third kappa shape index (κ3) is 4.83. The Kier molecular flexibility index (Phi) is 6.37. The van der Waals surface area contributed by atoms with E-state index < -0.39 is 20.8 Å². The molecule has 108 valence electrons. The van der Waals surface area contributed by atoms with Gasteiger partial charge in [0.05, 0.1) is 0 Å². The van der Waals surface area contributed by atoms with Gasteiger partial charge in [-0.25, -0.2) is 18.1 Å². The van der Waals surface area contributed by atoms with Gasteiger partial charge in [0.1, 0.15) is 10.7 Å². The molecular formula is C10H16BrN3O3S2. The number of aromatic nitrogens is 1. The van der Waals surface area contributed by atoms with Crippen LogP contribution in [-0.2, 0) is 20.8 Å². The Bertz CT molecular complexity index is 563. The van der Waals surface area contributed by atoms with Gasteiger partial charge in [-0.2, -0.15) is 0 Å². The SMILES string of the molecule is CCS(=O)CCNS(=O)(=O)c1cc(Br)cnc1NC. The fourth-order valence-electron chi connectivity index (χ4n) is 1.33. The highest BCUT2D eigenvalue weighted by molar-refractivity contribution is 9.10. The quantitative estimate of drug-likeness (QED) is 0.746. The lowest BCUT2D eigenvalue weighted by molar-refractivity contribution is 0.584. The van der Waals surface area contributed by atoms with Gasteiger partial charge in [-0.15, -0.1) is 0 Å². The van der Waals surface area contributed by atoms with Gasteiger partial charge in [0.25, 0.3) is 0 Å². The van der Waals surface area contributed by atoms with E-state index in [2.05, 4.69) is 31.0 Å². The highest BCUT2D eigenvalue weighted by Gasteiger charge is 2.19. The Morgan fingerprint density at radius 1 is 1.47 bits per heavy atom. The van der Waals surface area contributed by atoms with E-state index in [9.17, 15) is 12.6 Å². The van der Waals surface area contributed by atoms with E-state index in [1.807, 2.05) is 0 Å². The van der Waals surface area contributed by atoms with Gasteiger partial charge in [0.2, 0.25) is 10.0 Å². The van der Waals surface area contributed by atoms with Crippen molar-refractivity contribution in [3.63, 3.8) is 0 Å². The standard InChI is InChI=1S/C10H16BrN3O3S2/c1-3-18(15)5-4-14-19(16,17)9-6-8(11)7-13-10(9)12-2/h6-7,14H,3-5H2,1-2H3,(H,12,13). The zero-order valence-corrected chi connectivity index (χ0v) is 13.9. The first-order valence-corrected chi connectivity index (χ1v) is 9.35. The first-order valence-electron chi connectivity index (χ1n) is 5.58. The molecule has 1 rings (SSSR count). The van der Waals surface area contributed by atoms with Gasteiger partial charge in [-0.3, -0.25) is 4.21 Å². The molecule has 0 saturated heterocycles. The molecule has 0 amide bonds. The van der Waals surface area contributed by atoms with Crippen LogP contribution in [0.3, 0.4) is 0 Å². The second-order valence-corrected chi connectivity index (χ2v) is 8.10. The summed E-state index contributed by atoms with van der Waals surface area (Å²) >= 11 is 3.19. The topological polar surface area (TPSA) is 88.2 Å². The number of halogens is 1. The lowest BCUT2D eigenvalue weighted by Gasteiger charge is -2.10. The summed E-state index contributed by atoms with van der Waals surface area (Å²) in [6.45, 7) is 1.93. The number of rotatable bonds is 7. The molecule has 1 unspecified atom stereocenters. The summed E-state index contributed by atoms with van der Waals surface area (Å²) in [4.78, 5) is 4.05. The Labute approximate surface area is 124 Å². The molecule has 0 aliphatic rings. The predicted octanol–water partition coefficient (Wildman–Crippen LogP) is 0.933. The summed E-state index contributed by atoms with van der Waals surface area (Å²) < 4.78 is 38.5. The van der Waals surface area contributed by atoms with Crippen molar-refractivity contribution in [2.75, 3.05) is 30.4 Å². The van der Waals surface area contributed by atoms with Crippen molar-refractivity contribution >= 4 is 42.6 Å². The fraction of sp³-hybridized carbons (Fsp3) is 0.500. The Morgan fingerprint density at radius 2 is 2.16 bits per heavy atom. The number of anilines is 1. The van der Waals surface area contributed by atoms with Crippen LogP contribution >= 0.6 is 15.9 Å². The van der Waals surface area contributed by atoms with Crippen LogP contribution in [0.5, 0.6) is 0 Å². The van der Waals surface area contributed by atoms with Crippen LogP contribution in [0.2, 0.25) is 0 Å². The lowest BCUT2D eigenvalue weighted by atomic mass is 10.4. The maximum atomic E-state index is 12.1. The van der Waals surface area contributed by atoms with Crippen molar-refractivity contribution in [2.45, 2.75) is 11.8 Å². The van der Waals surface area contributed by atoms with E-state index in [-0.39, 0.29) is 17.3 Å². The summed E-state index contributed by atoms with van der Waals surface area (Å²) in [6.07, 6.45) is 1.51. The van der Waals surface area contributed by atoms with Crippen molar-refractivity contribution in [3.8, 4) is 0 Å². The maximum absolute atomic E-state index is 12.1. The molecule has 0 saturated carbocycles. The first-order chi connectivity index (χ1) is 8.90. The van der Waals surface area contributed by atoms with E-state index >= 15 is 0 Å². The molecule has 19 heavy (non-hydrogen) atoms. The minimum absolute atomic E-state index is 0.0617. The maximum Gasteiger partial charge on any atom is 0.244 e. The van der Waals surface area contributed by atoms with E-state index in [1.54, 1.807) is 14.0 Å². The van der Waals surface area contributed by atoms with Crippen LogP contribution in [-0.4, -0.2) is 42.7 Å². The summed E-state index contributed by atoms with van der Waals surface area (Å²) in [6, 6.07) is 1.47. The van der Waals surface area contributed by atoms with Crippen molar-refractivity contribution in [1.29, 1.82) is 0 Å². The highest BCUT2D eigenvalue weighted by atomic mass is 79.9. The normalized spacial score (nSPS) is 13.2. The summed E-state index contributed by atoms with van der Waals surface area (Å²) in [5.74, 6) is 1.08.